The van der Waals surface area contributed by atoms with Crippen LogP contribution in [0.1, 0.15) is 50.3 Å². The minimum absolute atomic E-state index is 0.924. The molecular formula is C18H29N3. The van der Waals surface area contributed by atoms with Gasteiger partial charge in [-0.2, -0.15) is 0 Å². The summed E-state index contributed by atoms with van der Waals surface area (Å²) in [7, 11) is 0. The van der Waals surface area contributed by atoms with Crippen LogP contribution in [-0.4, -0.2) is 24.6 Å². The standard InChI is InChI=1S/C18H29N3/c1-3-8-19-11-17-9-14(2)20-18(10-17)21(12-15-4-5-15)13-16-6-7-16/h9-10,15-16,19H,3-8,11-13H2,1-2H3. The summed E-state index contributed by atoms with van der Waals surface area (Å²) in [6.07, 6.45) is 6.85. The molecular weight excluding hydrogens is 258 g/mol. The van der Waals surface area contributed by atoms with Gasteiger partial charge in [0, 0.05) is 25.3 Å². The Labute approximate surface area is 129 Å². The fourth-order valence-electron chi connectivity index (χ4n) is 2.88. The number of hydrogen-bond donors (Lipinski definition) is 1. The van der Waals surface area contributed by atoms with Gasteiger partial charge in [0.15, 0.2) is 0 Å². The number of nitrogens with one attached hydrogen (secondary N) is 1. The number of anilines is 1. The third-order valence-electron chi connectivity index (χ3n) is 4.43. The summed E-state index contributed by atoms with van der Waals surface area (Å²) in [5.41, 5.74) is 2.53. The molecule has 0 saturated heterocycles. The Balaban J connectivity index is 1.70. The van der Waals surface area contributed by atoms with Gasteiger partial charge in [0.2, 0.25) is 0 Å². The van der Waals surface area contributed by atoms with E-state index in [4.69, 9.17) is 4.98 Å². The Hall–Kier alpha value is -1.09. The van der Waals surface area contributed by atoms with Gasteiger partial charge < -0.3 is 10.2 Å². The van der Waals surface area contributed by atoms with E-state index in [9.17, 15) is 0 Å². The molecule has 3 rings (SSSR count). The van der Waals surface area contributed by atoms with E-state index in [1.165, 1.54) is 56.6 Å². The number of hydrogen-bond acceptors (Lipinski definition) is 3. The summed E-state index contributed by atoms with van der Waals surface area (Å²) in [5, 5.41) is 3.50. The van der Waals surface area contributed by atoms with Gasteiger partial charge in [-0.15, -0.1) is 0 Å². The van der Waals surface area contributed by atoms with Crippen LogP contribution in [0.3, 0.4) is 0 Å². The first-order valence-corrected chi connectivity index (χ1v) is 8.68. The first kappa shape index (κ1) is 14.8. The normalized spacial score (nSPS) is 18.0. The molecule has 0 aromatic carbocycles. The second-order valence-electron chi connectivity index (χ2n) is 6.94. The summed E-state index contributed by atoms with van der Waals surface area (Å²) in [6, 6.07) is 4.53. The monoisotopic (exact) mass is 287 g/mol. The van der Waals surface area contributed by atoms with E-state index in [0.29, 0.717) is 0 Å². The minimum Gasteiger partial charge on any atom is -0.356 e. The Morgan fingerprint density at radius 3 is 2.38 bits per heavy atom. The van der Waals surface area contributed by atoms with Crippen molar-refractivity contribution < 1.29 is 0 Å². The van der Waals surface area contributed by atoms with E-state index in [2.05, 4.69) is 36.2 Å². The van der Waals surface area contributed by atoms with Crippen LogP contribution in [-0.2, 0) is 6.54 Å². The number of nitrogens with zero attached hydrogens (tertiary/aromatic N) is 2. The topological polar surface area (TPSA) is 28.2 Å². The molecule has 2 saturated carbocycles. The van der Waals surface area contributed by atoms with Crippen molar-refractivity contribution in [3.8, 4) is 0 Å². The fraction of sp³-hybridized carbons (Fsp3) is 0.722. The maximum Gasteiger partial charge on any atom is 0.129 e. The highest BCUT2D eigenvalue weighted by Gasteiger charge is 2.29. The van der Waals surface area contributed by atoms with E-state index < -0.39 is 0 Å². The van der Waals surface area contributed by atoms with Crippen molar-refractivity contribution in [3.05, 3.63) is 23.4 Å². The average molecular weight is 287 g/mol. The van der Waals surface area contributed by atoms with Crippen LogP contribution >= 0.6 is 0 Å². The highest BCUT2D eigenvalue weighted by atomic mass is 15.2. The molecule has 1 aromatic rings. The summed E-state index contributed by atoms with van der Waals surface area (Å²) in [5.74, 6) is 3.06. The lowest BCUT2D eigenvalue weighted by atomic mass is 10.2. The van der Waals surface area contributed by atoms with Gasteiger partial charge in [-0.3, -0.25) is 0 Å². The Morgan fingerprint density at radius 2 is 1.81 bits per heavy atom. The molecule has 1 N–H and O–H groups in total. The zero-order valence-electron chi connectivity index (χ0n) is 13.6. The van der Waals surface area contributed by atoms with Crippen molar-refractivity contribution in [1.82, 2.24) is 10.3 Å². The molecule has 0 amide bonds. The second kappa shape index (κ2) is 6.78. The van der Waals surface area contributed by atoms with Gasteiger partial charge >= 0.3 is 0 Å². The van der Waals surface area contributed by atoms with E-state index in [1.54, 1.807) is 0 Å². The zero-order chi connectivity index (χ0) is 14.7. The SMILES string of the molecule is CCCNCc1cc(C)nc(N(CC2CC2)CC2CC2)c1. The highest BCUT2D eigenvalue weighted by molar-refractivity contribution is 5.43. The minimum atomic E-state index is 0.924. The van der Waals surface area contributed by atoms with Crippen molar-refractivity contribution in [3.63, 3.8) is 0 Å². The van der Waals surface area contributed by atoms with E-state index in [0.717, 1.165) is 30.6 Å². The summed E-state index contributed by atoms with van der Waals surface area (Å²) >= 11 is 0. The Bertz CT molecular complexity index is 450. The smallest absolute Gasteiger partial charge is 0.129 e. The average Bonchev–Trinajstić information content (AvgIpc) is 3.33. The van der Waals surface area contributed by atoms with Crippen molar-refractivity contribution in [2.75, 3.05) is 24.5 Å². The van der Waals surface area contributed by atoms with Crippen LogP contribution < -0.4 is 10.2 Å². The molecule has 116 valence electrons. The molecule has 0 aliphatic heterocycles. The molecule has 1 aromatic heterocycles. The summed E-state index contributed by atoms with van der Waals surface area (Å²) in [4.78, 5) is 7.38. The largest absolute Gasteiger partial charge is 0.356 e. The predicted octanol–water partition coefficient (Wildman–Crippen LogP) is 3.52. The van der Waals surface area contributed by atoms with Gasteiger partial charge in [0.25, 0.3) is 0 Å². The third kappa shape index (κ3) is 4.70. The molecule has 0 unspecified atom stereocenters. The van der Waals surface area contributed by atoms with Crippen LogP contribution in [0.5, 0.6) is 0 Å². The molecule has 2 fully saturated rings. The Kier molecular flexibility index (Phi) is 4.79. The number of aromatic nitrogens is 1. The zero-order valence-corrected chi connectivity index (χ0v) is 13.6. The van der Waals surface area contributed by atoms with Crippen LogP contribution in [0.4, 0.5) is 5.82 Å². The van der Waals surface area contributed by atoms with Gasteiger partial charge in [-0.25, -0.2) is 4.98 Å². The van der Waals surface area contributed by atoms with Gasteiger partial charge in [-0.05, 0) is 75.1 Å². The van der Waals surface area contributed by atoms with E-state index in [-0.39, 0.29) is 0 Å². The molecule has 2 aliphatic rings. The molecule has 2 aliphatic carbocycles. The van der Waals surface area contributed by atoms with Gasteiger partial charge in [0.1, 0.15) is 5.82 Å². The van der Waals surface area contributed by atoms with E-state index in [1.807, 2.05) is 0 Å². The van der Waals surface area contributed by atoms with Crippen LogP contribution in [0.15, 0.2) is 12.1 Å². The fourth-order valence-corrected chi connectivity index (χ4v) is 2.88. The first-order valence-electron chi connectivity index (χ1n) is 8.68. The maximum absolute atomic E-state index is 4.82. The molecule has 21 heavy (non-hydrogen) atoms. The van der Waals surface area contributed by atoms with Crippen LogP contribution in [0.2, 0.25) is 0 Å². The summed E-state index contributed by atoms with van der Waals surface area (Å²) in [6.45, 7) is 8.82. The van der Waals surface area contributed by atoms with Crippen molar-refractivity contribution in [1.29, 1.82) is 0 Å². The molecule has 0 spiro atoms. The van der Waals surface area contributed by atoms with Crippen molar-refractivity contribution >= 4 is 5.82 Å². The second-order valence-corrected chi connectivity index (χ2v) is 6.94. The molecule has 3 nitrogen and oxygen atoms in total. The number of rotatable bonds is 9. The third-order valence-corrected chi connectivity index (χ3v) is 4.43. The molecule has 0 bridgehead atoms. The lowest BCUT2D eigenvalue weighted by Gasteiger charge is -2.24. The highest BCUT2D eigenvalue weighted by Crippen LogP contribution is 2.35. The lowest BCUT2D eigenvalue weighted by molar-refractivity contribution is 0.661. The molecule has 0 atom stereocenters. The van der Waals surface area contributed by atoms with Gasteiger partial charge in [-0.1, -0.05) is 6.92 Å². The van der Waals surface area contributed by atoms with E-state index >= 15 is 0 Å². The van der Waals surface area contributed by atoms with Gasteiger partial charge in [0.05, 0.1) is 0 Å². The first-order chi connectivity index (χ1) is 10.2. The van der Waals surface area contributed by atoms with Crippen LogP contribution in [0.25, 0.3) is 0 Å². The Morgan fingerprint density at radius 1 is 1.14 bits per heavy atom. The predicted molar refractivity (Wildman–Crippen MR) is 88.6 cm³/mol. The van der Waals surface area contributed by atoms with Crippen molar-refractivity contribution in [2.45, 2.75) is 52.5 Å². The molecule has 0 radical (unpaired) electrons. The molecule has 3 heteroatoms. The quantitative estimate of drug-likeness (QED) is 0.704. The van der Waals surface area contributed by atoms with Crippen LogP contribution in [0, 0.1) is 18.8 Å². The number of pyridine rings is 1. The van der Waals surface area contributed by atoms with Crippen molar-refractivity contribution in [2.24, 2.45) is 11.8 Å². The maximum atomic E-state index is 4.82. The number of aryl methyl sites for hydroxylation is 1. The lowest BCUT2D eigenvalue weighted by Crippen LogP contribution is -2.29. The summed E-state index contributed by atoms with van der Waals surface area (Å²) < 4.78 is 0. The molecule has 1 heterocycles.